The summed E-state index contributed by atoms with van der Waals surface area (Å²) in [6.07, 6.45) is 2.23. The number of aromatic nitrogens is 1. The second-order valence-corrected chi connectivity index (χ2v) is 7.73. The number of piperidine rings is 1. The summed E-state index contributed by atoms with van der Waals surface area (Å²) in [5.41, 5.74) is 1.07. The van der Waals surface area contributed by atoms with E-state index in [-0.39, 0.29) is 18.4 Å². The Balaban J connectivity index is 1.61. The third-order valence-corrected chi connectivity index (χ3v) is 5.96. The summed E-state index contributed by atoms with van der Waals surface area (Å²) in [6.45, 7) is 2.49. The summed E-state index contributed by atoms with van der Waals surface area (Å²) in [7, 11) is 3.27. The first-order chi connectivity index (χ1) is 12.1. The van der Waals surface area contributed by atoms with Crippen LogP contribution in [0.15, 0.2) is 24.3 Å². The molecule has 7 heteroatoms. The van der Waals surface area contributed by atoms with Crippen LogP contribution >= 0.6 is 11.3 Å². The SMILES string of the molecule is CNC(=O)CN(C)C(=O)C[NH+]1CCC[C@H](c2nc3ccccc3s2)C1. The van der Waals surface area contributed by atoms with Gasteiger partial charge in [0.1, 0.15) is 5.01 Å². The highest BCUT2D eigenvalue weighted by atomic mass is 32.1. The number of carbonyl (C=O) groups excluding carboxylic acids is 2. The molecule has 0 bridgehead atoms. The van der Waals surface area contributed by atoms with Crippen LogP contribution in [0.5, 0.6) is 0 Å². The van der Waals surface area contributed by atoms with Gasteiger partial charge in [0.05, 0.1) is 35.8 Å². The summed E-state index contributed by atoms with van der Waals surface area (Å²) < 4.78 is 1.23. The topological polar surface area (TPSA) is 66.7 Å². The Morgan fingerprint density at radius 3 is 2.96 bits per heavy atom. The van der Waals surface area contributed by atoms with Crippen molar-refractivity contribution in [1.29, 1.82) is 0 Å². The average molecular weight is 361 g/mol. The summed E-state index contributed by atoms with van der Waals surface area (Å²) in [5, 5.41) is 3.73. The summed E-state index contributed by atoms with van der Waals surface area (Å²) in [4.78, 5) is 31.4. The van der Waals surface area contributed by atoms with Gasteiger partial charge in [0.15, 0.2) is 6.54 Å². The standard InChI is InChI=1S/C18H24N4O2S/c1-19-16(23)11-21(2)17(24)12-22-9-5-6-13(10-22)18-20-14-7-3-4-8-15(14)25-18/h3-4,7-8,13H,5-6,9-12H2,1-2H3,(H,19,23)/p+1/t13-/m0/s1. The second kappa shape index (κ2) is 7.93. The highest BCUT2D eigenvalue weighted by Gasteiger charge is 2.29. The van der Waals surface area contributed by atoms with Crippen LogP contribution in [0.2, 0.25) is 0 Å². The van der Waals surface area contributed by atoms with E-state index in [9.17, 15) is 9.59 Å². The van der Waals surface area contributed by atoms with Crippen LogP contribution in [0, 0.1) is 0 Å². The fourth-order valence-corrected chi connectivity index (χ4v) is 4.42. The van der Waals surface area contributed by atoms with E-state index in [4.69, 9.17) is 4.98 Å². The molecule has 0 saturated carbocycles. The fraction of sp³-hybridized carbons (Fsp3) is 0.500. The van der Waals surface area contributed by atoms with Crippen molar-refractivity contribution in [2.45, 2.75) is 18.8 Å². The number of rotatable bonds is 5. The van der Waals surface area contributed by atoms with Crippen LogP contribution in [0.4, 0.5) is 0 Å². The highest BCUT2D eigenvalue weighted by molar-refractivity contribution is 7.18. The zero-order chi connectivity index (χ0) is 17.8. The van der Waals surface area contributed by atoms with Crippen molar-refractivity contribution in [3.63, 3.8) is 0 Å². The minimum absolute atomic E-state index is 0.0172. The van der Waals surface area contributed by atoms with Crippen molar-refractivity contribution in [2.75, 3.05) is 40.3 Å². The van der Waals surface area contributed by atoms with Gasteiger partial charge >= 0.3 is 0 Å². The predicted molar refractivity (Wildman–Crippen MR) is 98.9 cm³/mol. The van der Waals surface area contributed by atoms with Crippen molar-refractivity contribution < 1.29 is 14.5 Å². The van der Waals surface area contributed by atoms with Crippen molar-refractivity contribution in [3.05, 3.63) is 29.3 Å². The fourth-order valence-electron chi connectivity index (χ4n) is 3.32. The number of amides is 2. The van der Waals surface area contributed by atoms with Crippen LogP contribution in [0.3, 0.4) is 0 Å². The van der Waals surface area contributed by atoms with Gasteiger partial charge in [-0.25, -0.2) is 4.98 Å². The molecule has 1 aliphatic heterocycles. The van der Waals surface area contributed by atoms with Gasteiger partial charge in [-0.15, -0.1) is 11.3 Å². The van der Waals surface area contributed by atoms with Crippen molar-refractivity contribution in [1.82, 2.24) is 15.2 Å². The summed E-state index contributed by atoms with van der Waals surface area (Å²) in [5.74, 6) is 0.290. The Morgan fingerprint density at radius 2 is 2.20 bits per heavy atom. The molecule has 2 N–H and O–H groups in total. The van der Waals surface area contributed by atoms with Gasteiger partial charge < -0.3 is 15.1 Å². The number of nitrogens with zero attached hydrogens (tertiary/aromatic N) is 2. The molecular weight excluding hydrogens is 336 g/mol. The number of thiazole rings is 1. The van der Waals surface area contributed by atoms with Crippen molar-refractivity contribution >= 4 is 33.4 Å². The molecule has 25 heavy (non-hydrogen) atoms. The van der Waals surface area contributed by atoms with E-state index < -0.39 is 0 Å². The smallest absolute Gasteiger partial charge is 0.277 e. The van der Waals surface area contributed by atoms with Gasteiger partial charge in [0, 0.05) is 14.1 Å². The predicted octanol–water partition coefficient (Wildman–Crippen LogP) is 0.263. The Morgan fingerprint density at radius 1 is 1.40 bits per heavy atom. The molecule has 0 radical (unpaired) electrons. The highest BCUT2D eigenvalue weighted by Crippen LogP contribution is 2.30. The number of carbonyl (C=O) groups is 2. The first kappa shape index (κ1) is 17.8. The number of quaternary nitrogens is 1. The van der Waals surface area contributed by atoms with Crippen molar-refractivity contribution in [2.24, 2.45) is 0 Å². The van der Waals surface area contributed by atoms with Crippen molar-refractivity contribution in [3.8, 4) is 0 Å². The van der Waals surface area contributed by atoms with Gasteiger partial charge in [-0.05, 0) is 25.0 Å². The maximum absolute atomic E-state index is 12.4. The molecule has 0 spiro atoms. The van der Waals surface area contributed by atoms with Crippen LogP contribution in [-0.2, 0) is 9.59 Å². The summed E-state index contributed by atoms with van der Waals surface area (Å²) >= 11 is 1.77. The lowest BCUT2D eigenvalue weighted by molar-refractivity contribution is -0.898. The number of para-hydroxylation sites is 1. The van der Waals surface area contributed by atoms with Crippen LogP contribution in [0.1, 0.15) is 23.8 Å². The Labute approximate surface area is 151 Å². The van der Waals surface area contributed by atoms with Crippen LogP contribution in [-0.4, -0.2) is 62.0 Å². The summed E-state index contributed by atoms with van der Waals surface area (Å²) in [6, 6.07) is 8.23. The molecule has 0 aliphatic carbocycles. The van der Waals surface area contributed by atoms with Crippen LogP contribution < -0.4 is 10.2 Å². The van der Waals surface area contributed by atoms with Crippen LogP contribution in [0.25, 0.3) is 10.2 Å². The molecule has 6 nitrogen and oxygen atoms in total. The minimum atomic E-state index is -0.142. The van der Waals surface area contributed by atoms with E-state index in [1.165, 1.54) is 19.5 Å². The number of hydrogen-bond donors (Lipinski definition) is 2. The number of likely N-dealkylation sites (N-methyl/N-ethyl adjacent to an activating group) is 2. The molecule has 3 rings (SSSR count). The van der Waals surface area contributed by atoms with E-state index >= 15 is 0 Å². The van der Waals surface area contributed by atoms with Gasteiger partial charge in [0.25, 0.3) is 5.91 Å². The molecule has 1 unspecified atom stereocenters. The van der Waals surface area contributed by atoms with Gasteiger partial charge in [-0.3, -0.25) is 9.59 Å². The molecule has 1 saturated heterocycles. The number of fused-ring (bicyclic) bond motifs is 1. The first-order valence-corrected chi connectivity index (χ1v) is 9.52. The number of benzene rings is 1. The zero-order valence-electron chi connectivity index (χ0n) is 14.7. The molecular formula is C18H25N4O2S+. The Bertz CT molecular complexity index is 727. The molecule has 2 amide bonds. The van der Waals surface area contributed by atoms with Gasteiger partial charge in [-0.1, -0.05) is 12.1 Å². The van der Waals surface area contributed by atoms with E-state index in [0.29, 0.717) is 12.5 Å². The van der Waals surface area contributed by atoms with E-state index in [2.05, 4.69) is 17.4 Å². The monoisotopic (exact) mass is 361 g/mol. The normalized spacial score (nSPS) is 20.4. The molecule has 1 aromatic carbocycles. The number of hydrogen-bond acceptors (Lipinski definition) is 4. The lowest BCUT2D eigenvalue weighted by Crippen LogP contribution is -3.14. The maximum atomic E-state index is 12.4. The quantitative estimate of drug-likeness (QED) is 0.803. The first-order valence-electron chi connectivity index (χ1n) is 8.70. The van der Waals surface area contributed by atoms with E-state index in [1.807, 2.05) is 12.1 Å². The third kappa shape index (κ3) is 4.35. The Hall–Kier alpha value is -1.99. The molecule has 1 aliphatic rings. The molecule has 1 fully saturated rings. The number of nitrogens with one attached hydrogen (secondary N) is 2. The maximum Gasteiger partial charge on any atom is 0.277 e. The van der Waals surface area contributed by atoms with Gasteiger partial charge in [-0.2, -0.15) is 0 Å². The third-order valence-electron chi connectivity index (χ3n) is 4.76. The minimum Gasteiger partial charge on any atom is -0.358 e. The lowest BCUT2D eigenvalue weighted by atomic mass is 9.99. The van der Waals surface area contributed by atoms with Gasteiger partial charge in [0.2, 0.25) is 5.91 Å². The molecule has 2 atom stereocenters. The largest absolute Gasteiger partial charge is 0.358 e. The molecule has 2 aromatic rings. The van der Waals surface area contributed by atoms with E-state index in [1.54, 1.807) is 25.4 Å². The molecule has 134 valence electrons. The molecule has 1 aromatic heterocycles. The number of likely N-dealkylation sites (tertiary alicyclic amines) is 1. The van der Waals surface area contributed by atoms with E-state index in [0.717, 1.165) is 31.4 Å². The lowest BCUT2D eigenvalue weighted by Gasteiger charge is -2.29. The average Bonchev–Trinajstić information content (AvgIpc) is 3.06. The zero-order valence-corrected chi connectivity index (χ0v) is 15.6. The Kier molecular flexibility index (Phi) is 5.65. The second-order valence-electron chi connectivity index (χ2n) is 6.66. The molecule has 2 heterocycles.